The molecule has 1 heterocycles. The van der Waals surface area contributed by atoms with E-state index in [1.807, 2.05) is 6.92 Å². The number of aromatic nitrogens is 1. The number of rotatable bonds is 2. The first-order chi connectivity index (χ1) is 5.24. The number of pyridine rings is 1. The Balaban J connectivity index is 2.89. The van der Waals surface area contributed by atoms with Crippen LogP contribution in [0.25, 0.3) is 0 Å². The van der Waals surface area contributed by atoms with Crippen LogP contribution in [0.5, 0.6) is 0 Å². The Morgan fingerprint density at radius 2 is 2.36 bits per heavy atom. The largest absolute Gasteiger partial charge is 0.300 e. The second-order valence-corrected chi connectivity index (χ2v) is 2.30. The van der Waals surface area contributed by atoms with Crippen molar-refractivity contribution in [3.8, 4) is 0 Å². The van der Waals surface area contributed by atoms with Crippen molar-refractivity contribution < 1.29 is 9.18 Å². The molecular weight excluding hydrogens is 145 g/mol. The quantitative estimate of drug-likeness (QED) is 0.604. The molecule has 0 aliphatic heterocycles. The van der Waals surface area contributed by atoms with E-state index in [1.54, 1.807) is 6.07 Å². The van der Waals surface area contributed by atoms with Gasteiger partial charge in [0.1, 0.15) is 0 Å². The van der Waals surface area contributed by atoms with Gasteiger partial charge < -0.3 is 0 Å². The molecule has 58 valence electrons. The van der Waals surface area contributed by atoms with Crippen molar-refractivity contribution in [1.29, 1.82) is 0 Å². The normalized spacial score (nSPS) is 12.5. The average Bonchev–Trinajstić information content (AvgIpc) is 2.05. The standard InChI is InChI=1S/C8H8FNO/c1-6-2-3-8(10-4-6)7(9)5-11/h2-5,7H,1H3. The molecular formula is C8H8FNO. The van der Waals surface area contributed by atoms with E-state index in [0.717, 1.165) is 5.56 Å². The number of aldehydes is 1. The number of halogens is 1. The van der Waals surface area contributed by atoms with Crippen LogP contribution in [0.15, 0.2) is 18.3 Å². The zero-order valence-corrected chi connectivity index (χ0v) is 6.12. The summed E-state index contributed by atoms with van der Waals surface area (Å²) in [4.78, 5) is 13.7. The highest BCUT2D eigenvalue weighted by molar-refractivity contribution is 5.58. The number of carbonyl (C=O) groups excluding carboxylic acids is 1. The molecule has 2 nitrogen and oxygen atoms in total. The van der Waals surface area contributed by atoms with Gasteiger partial charge in [-0.1, -0.05) is 6.07 Å². The Labute approximate surface area is 64.1 Å². The molecule has 0 N–H and O–H groups in total. The molecule has 1 rings (SSSR count). The Morgan fingerprint density at radius 3 is 2.82 bits per heavy atom. The molecule has 1 aromatic heterocycles. The summed E-state index contributed by atoms with van der Waals surface area (Å²) in [5.41, 5.74) is 1.12. The second-order valence-electron chi connectivity index (χ2n) is 2.30. The molecule has 1 atom stereocenters. The van der Waals surface area contributed by atoms with Gasteiger partial charge in [0.05, 0.1) is 5.69 Å². The van der Waals surface area contributed by atoms with Gasteiger partial charge in [-0.05, 0) is 18.6 Å². The summed E-state index contributed by atoms with van der Waals surface area (Å²) in [6.45, 7) is 1.85. The van der Waals surface area contributed by atoms with Gasteiger partial charge in [0.15, 0.2) is 12.5 Å². The molecule has 1 aromatic rings. The van der Waals surface area contributed by atoms with E-state index in [0.29, 0.717) is 0 Å². The number of aryl methyl sites for hydroxylation is 1. The van der Waals surface area contributed by atoms with Crippen molar-refractivity contribution in [2.24, 2.45) is 0 Å². The number of hydrogen-bond acceptors (Lipinski definition) is 2. The van der Waals surface area contributed by atoms with E-state index < -0.39 is 6.17 Å². The Bertz CT molecular complexity index is 245. The van der Waals surface area contributed by atoms with E-state index in [4.69, 9.17) is 0 Å². The smallest absolute Gasteiger partial charge is 0.197 e. The Morgan fingerprint density at radius 1 is 1.64 bits per heavy atom. The van der Waals surface area contributed by atoms with Gasteiger partial charge in [-0.25, -0.2) is 4.39 Å². The van der Waals surface area contributed by atoms with E-state index in [1.165, 1.54) is 12.3 Å². The van der Waals surface area contributed by atoms with Crippen molar-refractivity contribution in [1.82, 2.24) is 4.98 Å². The highest BCUT2D eigenvalue weighted by Gasteiger charge is 2.07. The lowest BCUT2D eigenvalue weighted by Gasteiger charge is -1.98. The van der Waals surface area contributed by atoms with E-state index in [2.05, 4.69) is 4.98 Å². The monoisotopic (exact) mass is 153 g/mol. The number of carbonyl (C=O) groups is 1. The first kappa shape index (κ1) is 7.85. The van der Waals surface area contributed by atoms with E-state index in [9.17, 15) is 9.18 Å². The molecule has 11 heavy (non-hydrogen) atoms. The van der Waals surface area contributed by atoms with Crippen LogP contribution in [0.3, 0.4) is 0 Å². The van der Waals surface area contributed by atoms with Crippen LogP contribution in [0.2, 0.25) is 0 Å². The highest BCUT2D eigenvalue weighted by Crippen LogP contribution is 2.11. The van der Waals surface area contributed by atoms with Gasteiger partial charge in [-0.15, -0.1) is 0 Å². The van der Waals surface area contributed by atoms with Gasteiger partial charge in [0.25, 0.3) is 0 Å². The minimum atomic E-state index is -1.59. The molecule has 0 spiro atoms. The van der Waals surface area contributed by atoms with Crippen LogP contribution in [0, 0.1) is 6.92 Å². The van der Waals surface area contributed by atoms with Crippen molar-refractivity contribution in [3.63, 3.8) is 0 Å². The summed E-state index contributed by atoms with van der Waals surface area (Å²) in [5.74, 6) is 0. The lowest BCUT2D eigenvalue weighted by atomic mass is 10.2. The third kappa shape index (κ3) is 1.83. The lowest BCUT2D eigenvalue weighted by molar-refractivity contribution is -0.112. The molecule has 3 heteroatoms. The molecule has 1 unspecified atom stereocenters. The fourth-order valence-corrected chi connectivity index (χ4v) is 0.712. The predicted molar refractivity (Wildman–Crippen MR) is 38.9 cm³/mol. The Kier molecular flexibility index (Phi) is 2.31. The van der Waals surface area contributed by atoms with Crippen molar-refractivity contribution in [2.45, 2.75) is 13.1 Å². The summed E-state index contributed by atoms with van der Waals surface area (Å²) in [7, 11) is 0. The van der Waals surface area contributed by atoms with Crippen LogP contribution >= 0.6 is 0 Å². The second kappa shape index (κ2) is 3.23. The highest BCUT2D eigenvalue weighted by atomic mass is 19.1. The maximum atomic E-state index is 12.6. The first-order valence-electron chi connectivity index (χ1n) is 3.26. The Hall–Kier alpha value is -1.25. The van der Waals surface area contributed by atoms with Gasteiger partial charge in [0, 0.05) is 6.20 Å². The van der Waals surface area contributed by atoms with Gasteiger partial charge in [-0.2, -0.15) is 0 Å². The third-order valence-electron chi connectivity index (χ3n) is 1.34. The number of nitrogens with zero attached hydrogens (tertiary/aromatic N) is 1. The summed E-state index contributed by atoms with van der Waals surface area (Å²) in [6, 6.07) is 3.23. The van der Waals surface area contributed by atoms with Crippen molar-refractivity contribution in [3.05, 3.63) is 29.6 Å². The number of hydrogen-bond donors (Lipinski definition) is 0. The van der Waals surface area contributed by atoms with Crippen LogP contribution < -0.4 is 0 Å². The minimum absolute atomic E-state index is 0.172. The molecule has 0 aliphatic carbocycles. The fourth-order valence-electron chi connectivity index (χ4n) is 0.712. The molecule has 0 saturated heterocycles. The zero-order valence-electron chi connectivity index (χ0n) is 6.12. The van der Waals surface area contributed by atoms with Gasteiger partial charge >= 0.3 is 0 Å². The average molecular weight is 153 g/mol. The van der Waals surface area contributed by atoms with Crippen LogP contribution in [0.1, 0.15) is 17.4 Å². The lowest BCUT2D eigenvalue weighted by Crippen LogP contribution is -1.95. The maximum Gasteiger partial charge on any atom is 0.197 e. The van der Waals surface area contributed by atoms with E-state index in [-0.39, 0.29) is 12.0 Å². The molecule has 0 bridgehead atoms. The topological polar surface area (TPSA) is 30.0 Å². The molecule has 0 amide bonds. The maximum absolute atomic E-state index is 12.6. The third-order valence-corrected chi connectivity index (χ3v) is 1.34. The van der Waals surface area contributed by atoms with Crippen molar-refractivity contribution >= 4 is 6.29 Å². The number of alkyl halides is 1. The van der Waals surface area contributed by atoms with Crippen LogP contribution in [0.4, 0.5) is 4.39 Å². The molecule has 0 fully saturated rings. The van der Waals surface area contributed by atoms with Gasteiger partial charge in [-0.3, -0.25) is 9.78 Å². The first-order valence-corrected chi connectivity index (χ1v) is 3.26. The van der Waals surface area contributed by atoms with Crippen LogP contribution in [-0.2, 0) is 4.79 Å². The zero-order chi connectivity index (χ0) is 8.27. The molecule has 0 saturated carbocycles. The SMILES string of the molecule is Cc1ccc(C(F)C=O)nc1. The van der Waals surface area contributed by atoms with Crippen LogP contribution in [-0.4, -0.2) is 11.3 Å². The predicted octanol–water partition coefficient (Wildman–Crippen LogP) is 1.60. The van der Waals surface area contributed by atoms with Gasteiger partial charge in [0.2, 0.25) is 0 Å². The summed E-state index contributed by atoms with van der Waals surface area (Å²) >= 11 is 0. The van der Waals surface area contributed by atoms with E-state index >= 15 is 0 Å². The summed E-state index contributed by atoms with van der Waals surface area (Å²) in [6.07, 6.45) is 0.180. The minimum Gasteiger partial charge on any atom is -0.300 e. The molecule has 0 aliphatic rings. The fraction of sp³-hybridized carbons (Fsp3) is 0.250. The van der Waals surface area contributed by atoms with Crippen molar-refractivity contribution in [2.75, 3.05) is 0 Å². The summed E-state index contributed by atoms with van der Waals surface area (Å²) < 4.78 is 12.6. The summed E-state index contributed by atoms with van der Waals surface area (Å²) in [5, 5.41) is 0. The molecule has 0 aromatic carbocycles. The molecule has 0 radical (unpaired) electrons.